The highest BCUT2D eigenvalue weighted by Crippen LogP contribution is 2.12. The van der Waals surface area contributed by atoms with Gasteiger partial charge in [-0.1, -0.05) is 6.07 Å². The first-order valence-corrected chi connectivity index (χ1v) is 7.07. The van der Waals surface area contributed by atoms with Gasteiger partial charge in [-0.25, -0.2) is 4.79 Å². The normalized spacial score (nSPS) is 17.2. The van der Waals surface area contributed by atoms with Gasteiger partial charge in [0.15, 0.2) is 0 Å². The van der Waals surface area contributed by atoms with E-state index in [0.29, 0.717) is 37.5 Å². The molecule has 22 heavy (non-hydrogen) atoms. The van der Waals surface area contributed by atoms with Crippen molar-refractivity contribution in [2.45, 2.75) is 19.4 Å². The number of esters is 1. The molecule has 1 saturated heterocycles. The maximum atomic E-state index is 12.0. The zero-order valence-corrected chi connectivity index (χ0v) is 13.3. The van der Waals surface area contributed by atoms with Gasteiger partial charge in [-0.3, -0.25) is 4.79 Å². The van der Waals surface area contributed by atoms with Crippen LogP contribution in [0.25, 0.3) is 0 Å². The molecule has 1 aromatic carbocycles. The molecule has 1 heterocycles. The topological polar surface area (TPSA) is 76.7 Å². The highest BCUT2D eigenvalue weighted by molar-refractivity contribution is 5.94. The maximum absolute atomic E-state index is 12.0. The summed E-state index contributed by atoms with van der Waals surface area (Å²) in [5, 5.41) is 6.01. The van der Waals surface area contributed by atoms with Crippen molar-refractivity contribution in [2.75, 3.05) is 31.7 Å². The molecule has 0 spiro atoms. The Hall–Kier alpha value is -1.63. The van der Waals surface area contributed by atoms with Crippen LogP contribution in [-0.2, 0) is 14.3 Å². The molecular weight excluding hydrogens is 308 g/mol. The van der Waals surface area contributed by atoms with Crippen LogP contribution in [0.5, 0.6) is 0 Å². The number of benzene rings is 1. The summed E-state index contributed by atoms with van der Waals surface area (Å²) in [4.78, 5) is 23.6. The molecule has 0 aromatic heterocycles. The Morgan fingerprint density at radius 3 is 2.95 bits per heavy atom. The van der Waals surface area contributed by atoms with E-state index < -0.39 is 5.97 Å². The molecule has 0 bridgehead atoms. The highest BCUT2D eigenvalue weighted by Gasteiger charge is 2.17. The fraction of sp³-hybridized carbons (Fsp3) is 0.467. The average molecular weight is 329 g/mol. The van der Waals surface area contributed by atoms with Crippen molar-refractivity contribution in [3.05, 3.63) is 29.8 Å². The number of halogens is 1. The molecule has 1 unspecified atom stereocenters. The molecule has 122 valence electrons. The summed E-state index contributed by atoms with van der Waals surface area (Å²) in [7, 11) is 0. The van der Waals surface area contributed by atoms with Crippen LogP contribution in [-0.4, -0.2) is 44.3 Å². The number of carbonyl (C=O) groups is 2. The van der Waals surface area contributed by atoms with Crippen LogP contribution >= 0.6 is 12.4 Å². The van der Waals surface area contributed by atoms with E-state index >= 15 is 0 Å². The van der Waals surface area contributed by atoms with Gasteiger partial charge in [0.05, 0.1) is 25.4 Å². The lowest BCUT2D eigenvalue weighted by atomic mass is 10.1. The minimum absolute atomic E-state index is 0. The standard InChI is InChI=1S/C15H20N2O4.ClH/c1-2-21-15(19)11-4-3-5-12(8-11)17-14(18)9-13-10-20-7-6-16-13;/h3-5,8,13,16H,2,6-7,9-10H2,1H3,(H,17,18);1H. The number of amides is 1. The number of hydrogen-bond donors (Lipinski definition) is 2. The zero-order valence-electron chi connectivity index (χ0n) is 12.5. The lowest BCUT2D eigenvalue weighted by molar-refractivity contribution is -0.117. The number of anilines is 1. The molecule has 0 aliphatic carbocycles. The van der Waals surface area contributed by atoms with Crippen molar-refractivity contribution in [3.8, 4) is 0 Å². The molecule has 0 radical (unpaired) electrons. The van der Waals surface area contributed by atoms with Crippen molar-refractivity contribution in [1.29, 1.82) is 0 Å². The molecule has 1 aliphatic heterocycles. The van der Waals surface area contributed by atoms with Gasteiger partial charge in [0.25, 0.3) is 0 Å². The molecule has 1 fully saturated rings. The molecular formula is C15H21ClN2O4. The van der Waals surface area contributed by atoms with E-state index in [1.54, 1.807) is 31.2 Å². The summed E-state index contributed by atoms with van der Waals surface area (Å²) in [5.74, 6) is -0.505. The monoisotopic (exact) mass is 328 g/mol. The molecule has 7 heteroatoms. The number of ether oxygens (including phenoxy) is 2. The van der Waals surface area contributed by atoms with Gasteiger partial charge in [0.2, 0.25) is 5.91 Å². The van der Waals surface area contributed by atoms with Gasteiger partial charge >= 0.3 is 5.97 Å². The van der Waals surface area contributed by atoms with Gasteiger partial charge in [0, 0.05) is 24.7 Å². The van der Waals surface area contributed by atoms with Crippen LogP contribution in [0.3, 0.4) is 0 Å². The van der Waals surface area contributed by atoms with Crippen molar-refractivity contribution in [2.24, 2.45) is 0 Å². The Kier molecular flexibility index (Phi) is 7.87. The first kappa shape index (κ1) is 18.4. The van der Waals surface area contributed by atoms with Gasteiger partial charge in [-0.15, -0.1) is 12.4 Å². The third-order valence-corrected chi connectivity index (χ3v) is 3.09. The Labute approximate surface area is 136 Å². The van der Waals surface area contributed by atoms with Crippen LogP contribution in [0.4, 0.5) is 5.69 Å². The second-order valence-corrected chi connectivity index (χ2v) is 4.78. The Balaban J connectivity index is 0.00000242. The first-order chi connectivity index (χ1) is 10.2. The van der Waals surface area contributed by atoms with Crippen molar-refractivity contribution >= 4 is 30.0 Å². The maximum Gasteiger partial charge on any atom is 0.338 e. The van der Waals surface area contributed by atoms with Crippen LogP contribution in [0.2, 0.25) is 0 Å². The van der Waals surface area contributed by atoms with E-state index in [4.69, 9.17) is 9.47 Å². The van der Waals surface area contributed by atoms with Crippen LogP contribution in [0.1, 0.15) is 23.7 Å². The van der Waals surface area contributed by atoms with Crippen LogP contribution < -0.4 is 10.6 Å². The summed E-state index contributed by atoms with van der Waals surface area (Å²) in [5.41, 5.74) is 1.01. The van der Waals surface area contributed by atoms with E-state index in [9.17, 15) is 9.59 Å². The van der Waals surface area contributed by atoms with E-state index in [1.807, 2.05) is 0 Å². The molecule has 1 atom stereocenters. The molecule has 1 aromatic rings. The van der Waals surface area contributed by atoms with Crippen LogP contribution in [0, 0.1) is 0 Å². The molecule has 6 nitrogen and oxygen atoms in total. The van der Waals surface area contributed by atoms with Crippen LogP contribution in [0.15, 0.2) is 24.3 Å². The molecule has 1 amide bonds. The third-order valence-electron chi connectivity index (χ3n) is 3.09. The van der Waals surface area contributed by atoms with Gasteiger partial charge < -0.3 is 20.1 Å². The van der Waals surface area contributed by atoms with Crippen molar-refractivity contribution in [3.63, 3.8) is 0 Å². The van der Waals surface area contributed by atoms with Gasteiger partial charge in [-0.2, -0.15) is 0 Å². The smallest absolute Gasteiger partial charge is 0.338 e. The van der Waals surface area contributed by atoms with E-state index in [2.05, 4.69) is 10.6 Å². The molecule has 0 saturated carbocycles. The van der Waals surface area contributed by atoms with Crippen molar-refractivity contribution < 1.29 is 19.1 Å². The number of nitrogens with one attached hydrogen (secondary N) is 2. The predicted molar refractivity (Wildman–Crippen MR) is 85.5 cm³/mol. The Bertz CT molecular complexity index is 504. The SMILES string of the molecule is CCOC(=O)c1cccc(NC(=O)CC2COCCN2)c1.Cl. The van der Waals surface area contributed by atoms with Crippen molar-refractivity contribution in [1.82, 2.24) is 5.32 Å². The highest BCUT2D eigenvalue weighted by atomic mass is 35.5. The molecule has 2 N–H and O–H groups in total. The number of morpholine rings is 1. The second kappa shape index (κ2) is 9.40. The molecule has 1 aliphatic rings. The van der Waals surface area contributed by atoms with E-state index in [-0.39, 0.29) is 24.4 Å². The number of hydrogen-bond acceptors (Lipinski definition) is 5. The minimum atomic E-state index is -0.393. The lowest BCUT2D eigenvalue weighted by Gasteiger charge is -2.23. The predicted octanol–water partition coefficient (Wildman–Crippen LogP) is 1.60. The summed E-state index contributed by atoms with van der Waals surface area (Å²) in [6.45, 7) is 4.05. The second-order valence-electron chi connectivity index (χ2n) is 4.78. The minimum Gasteiger partial charge on any atom is -0.462 e. The van der Waals surface area contributed by atoms with Gasteiger partial charge in [0.1, 0.15) is 0 Å². The summed E-state index contributed by atoms with van der Waals surface area (Å²) in [6.07, 6.45) is 0.337. The lowest BCUT2D eigenvalue weighted by Crippen LogP contribution is -2.43. The molecule has 2 rings (SSSR count). The first-order valence-electron chi connectivity index (χ1n) is 7.07. The third kappa shape index (κ3) is 5.63. The summed E-state index contributed by atoms with van der Waals surface area (Å²) >= 11 is 0. The van der Waals surface area contributed by atoms with E-state index in [1.165, 1.54) is 0 Å². The fourth-order valence-corrected chi connectivity index (χ4v) is 2.12. The summed E-state index contributed by atoms with van der Waals surface area (Å²) in [6, 6.07) is 6.76. The quantitative estimate of drug-likeness (QED) is 0.803. The Morgan fingerprint density at radius 1 is 1.45 bits per heavy atom. The van der Waals surface area contributed by atoms with Gasteiger partial charge in [-0.05, 0) is 25.1 Å². The average Bonchev–Trinajstić information content (AvgIpc) is 2.48. The number of carbonyl (C=O) groups excluding carboxylic acids is 2. The van der Waals surface area contributed by atoms with E-state index in [0.717, 1.165) is 6.54 Å². The number of rotatable bonds is 5. The zero-order chi connectivity index (χ0) is 15.1. The fourth-order valence-electron chi connectivity index (χ4n) is 2.12. The largest absolute Gasteiger partial charge is 0.462 e. The summed E-state index contributed by atoms with van der Waals surface area (Å²) < 4.78 is 10.2. The Morgan fingerprint density at radius 2 is 2.27 bits per heavy atom.